The fraction of sp³-hybridized carbons (Fsp3) is 0.290. The Labute approximate surface area is 242 Å². The third kappa shape index (κ3) is 4.56. The summed E-state index contributed by atoms with van der Waals surface area (Å²) in [5.74, 6) is 1.93. The lowest BCUT2D eigenvalue weighted by molar-refractivity contribution is 0.101. The van der Waals surface area contributed by atoms with Gasteiger partial charge in [-0.2, -0.15) is 0 Å². The van der Waals surface area contributed by atoms with Crippen LogP contribution in [0.3, 0.4) is 0 Å². The van der Waals surface area contributed by atoms with E-state index in [9.17, 15) is 14.7 Å². The number of amides is 2. The summed E-state index contributed by atoms with van der Waals surface area (Å²) in [6, 6.07) is 13.1. The highest BCUT2D eigenvalue weighted by Gasteiger charge is 2.28. The zero-order valence-electron chi connectivity index (χ0n) is 23.9. The number of ether oxygens (including phenoxy) is 2. The molecule has 2 amide bonds. The molecule has 0 spiro atoms. The quantitative estimate of drug-likeness (QED) is 0.284. The second-order valence-corrected chi connectivity index (χ2v) is 10.4. The van der Waals surface area contributed by atoms with Crippen molar-refractivity contribution in [2.24, 2.45) is 7.05 Å². The van der Waals surface area contributed by atoms with E-state index < -0.39 is 6.09 Å². The van der Waals surface area contributed by atoms with Crippen molar-refractivity contribution in [2.45, 2.75) is 25.7 Å². The molecule has 0 unspecified atom stereocenters. The largest absolute Gasteiger partial charge is 0.496 e. The molecule has 0 aliphatic carbocycles. The van der Waals surface area contributed by atoms with Crippen LogP contribution >= 0.6 is 0 Å². The Morgan fingerprint density at radius 3 is 2.52 bits per heavy atom. The van der Waals surface area contributed by atoms with Gasteiger partial charge in [0.25, 0.3) is 5.91 Å². The molecule has 4 heterocycles. The van der Waals surface area contributed by atoms with Crippen LogP contribution in [0.25, 0.3) is 27.7 Å². The maximum atomic E-state index is 13.4. The summed E-state index contributed by atoms with van der Waals surface area (Å²) >= 11 is 0. The predicted octanol–water partition coefficient (Wildman–Crippen LogP) is 5.32. The molecule has 6 rings (SSSR count). The van der Waals surface area contributed by atoms with Crippen molar-refractivity contribution in [1.29, 1.82) is 0 Å². The van der Waals surface area contributed by atoms with Gasteiger partial charge in [-0.15, -0.1) is 0 Å². The van der Waals surface area contributed by atoms with E-state index in [-0.39, 0.29) is 11.8 Å². The maximum Gasteiger partial charge on any atom is 0.407 e. The van der Waals surface area contributed by atoms with Crippen molar-refractivity contribution in [3.63, 3.8) is 0 Å². The van der Waals surface area contributed by atoms with Gasteiger partial charge in [-0.3, -0.25) is 14.2 Å². The number of fused-ring (bicyclic) bond motifs is 2. The van der Waals surface area contributed by atoms with Gasteiger partial charge in [-0.1, -0.05) is 12.1 Å². The first-order chi connectivity index (χ1) is 20.3. The Kier molecular flexibility index (Phi) is 6.93. The summed E-state index contributed by atoms with van der Waals surface area (Å²) in [6.07, 6.45) is 4.16. The fourth-order valence-electron chi connectivity index (χ4n) is 5.90. The first kappa shape index (κ1) is 27.1. The summed E-state index contributed by atoms with van der Waals surface area (Å²) in [6.45, 7) is 2.89. The topological polar surface area (TPSA) is 123 Å². The average Bonchev–Trinajstić information content (AvgIpc) is 3.56. The number of hydrogen-bond donors (Lipinski definition) is 2. The second kappa shape index (κ2) is 10.7. The Morgan fingerprint density at radius 1 is 1.05 bits per heavy atom. The van der Waals surface area contributed by atoms with Gasteiger partial charge < -0.3 is 29.4 Å². The van der Waals surface area contributed by atoms with Crippen LogP contribution in [0.5, 0.6) is 11.5 Å². The van der Waals surface area contributed by atoms with Crippen molar-refractivity contribution in [2.75, 3.05) is 32.6 Å². The monoisotopic (exact) mass is 568 g/mol. The molecule has 0 bridgehead atoms. The van der Waals surface area contributed by atoms with E-state index in [1.54, 1.807) is 20.4 Å². The van der Waals surface area contributed by atoms with Crippen LogP contribution < -0.4 is 14.8 Å². The average molecular weight is 569 g/mol. The Balaban J connectivity index is 1.33. The second-order valence-electron chi connectivity index (χ2n) is 10.4. The fourth-order valence-corrected chi connectivity index (χ4v) is 5.90. The molecule has 2 aromatic carbocycles. The smallest absolute Gasteiger partial charge is 0.407 e. The van der Waals surface area contributed by atoms with Crippen LogP contribution in [0.2, 0.25) is 0 Å². The molecule has 3 aromatic heterocycles. The number of benzene rings is 2. The molecule has 1 fully saturated rings. The van der Waals surface area contributed by atoms with Gasteiger partial charge in [0.2, 0.25) is 0 Å². The van der Waals surface area contributed by atoms with E-state index in [1.165, 1.54) is 4.90 Å². The minimum Gasteiger partial charge on any atom is -0.496 e. The van der Waals surface area contributed by atoms with Crippen LogP contribution in [-0.4, -0.2) is 68.3 Å². The number of likely N-dealkylation sites (tertiary alicyclic amines) is 1. The van der Waals surface area contributed by atoms with Crippen LogP contribution in [0.1, 0.15) is 40.8 Å². The van der Waals surface area contributed by atoms with Crippen molar-refractivity contribution in [3.8, 4) is 22.8 Å². The van der Waals surface area contributed by atoms with Gasteiger partial charge in [0.05, 0.1) is 42.3 Å². The molecule has 2 N–H and O–H groups in total. The summed E-state index contributed by atoms with van der Waals surface area (Å²) in [5, 5.41) is 13.2. The summed E-state index contributed by atoms with van der Waals surface area (Å²) in [4.78, 5) is 35.9. The molecular weight excluding hydrogens is 536 g/mol. The van der Waals surface area contributed by atoms with Gasteiger partial charge >= 0.3 is 6.09 Å². The zero-order valence-corrected chi connectivity index (χ0v) is 23.9. The number of rotatable bonds is 6. The van der Waals surface area contributed by atoms with E-state index in [2.05, 4.69) is 14.7 Å². The number of imidazole rings is 1. The Morgan fingerprint density at radius 2 is 1.81 bits per heavy atom. The maximum absolute atomic E-state index is 13.4. The Hall–Kier alpha value is -5.06. The highest BCUT2D eigenvalue weighted by Crippen LogP contribution is 2.37. The van der Waals surface area contributed by atoms with E-state index in [0.29, 0.717) is 48.8 Å². The molecule has 11 nitrogen and oxygen atoms in total. The number of piperidine rings is 1. The lowest BCUT2D eigenvalue weighted by Crippen LogP contribution is -2.37. The predicted molar refractivity (Wildman–Crippen MR) is 159 cm³/mol. The van der Waals surface area contributed by atoms with Crippen LogP contribution in [-0.2, 0) is 7.05 Å². The zero-order chi connectivity index (χ0) is 29.5. The molecule has 0 atom stereocenters. The number of hydrogen-bond acceptors (Lipinski definition) is 6. The van der Waals surface area contributed by atoms with E-state index in [0.717, 1.165) is 39.2 Å². The molecule has 1 aliphatic heterocycles. The van der Waals surface area contributed by atoms with Gasteiger partial charge in [0, 0.05) is 49.4 Å². The van der Waals surface area contributed by atoms with Gasteiger partial charge in [-0.05, 0) is 50.1 Å². The molecule has 5 aromatic rings. The van der Waals surface area contributed by atoms with Gasteiger partial charge in [0.15, 0.2) is 0 Å². The summed E-state index contributed by atoms with van der Waals surface area (Å²) in [7, 11) is 5.02. The number of aromatic nitrogens is 4. The molecule has 0 saturated carbocycles. The number of carbonyl (C=O) groups excluding carboxylic acids is 1. The minimum atomic E-state index is -0.887. The third-order valence-electron chi connectivity index (χ3n) is 8.12. The standard InChI is InChI=1S/C31H32N6O5/c1-18-28-27(34-29(37(28)15-12-32-18)19-10-13-36(14-11-19)31(39)40)20-8-9-22(26(16-20)42-4)33-30(38)24-17-21-23(35(24)2)6-5-7-25(21)41-3/h5-9,12,15-17,19H,10-11,13-14H2,1-4H3,(H,33,38)(H,39,40). The third-order valence-corrected chi connectivity index (χ3v) is 8.12. The number of nitrogens with one attached hydrogen (secondary N) is 1. The van der Waals surface area contributed by atoms with E-state index in [4.69, 9.17) is 14.5 Å². The van der Waals surface area contributed by atoms with Crippen molar-refractivity contribution in [1.82, 2.24) is 23.8 Å². The minimum absolute atomic E-state index is 0.114. The Bertz CT molecular complexity index is 1830. The molecule has 0 radical (unpaired) electrons. The number of aryl methyl sites for hydroxylation is 2. The number of methoxy groups -OCH3 is 2. The number of carboxylic acid groups (broad SMARTS) is 1. The van der Waals surface area contributed by atoms with Crippen molar-refractivity contribution < 1.29 is 24.2 Å². The molecule has 1 saturated heterocycles. The number of nitrogens with zero attached hydrogens (tertiary/aromatic N) is 5. The van der Waals surface area contributed by atoms with Crippen LogP contribution in [0.4, 0.5) is 10.5 Å². The summed E-state index contributed by atoms with van der Waals surface area (Å²) < 4.78 is 15.1. The molecule has 216 valence electrons. The molecule has 11 heteroatoms. The normalized spacial score (nSPS) is 14.0. The van der Waals surface area contributed by atoms with Crippen LogP contribution in [0, 0.1) is 6.92 Å². The van der Waals surface area contributed by atoms with Crippen LogP contribution in [0.15, 0.2) is 54.9 Å². The highest BCUT2D eigenvalue weighted by atomic mass is 16.5. The van der Waals surface area contributed by atoms with Crippen molar-refractivity contribution in [3.05, 3.63) is 72.1 Å². The molecule has 42 heavy (non-hydrogen) atoms. The van der Waals surface area contributed by atoms with E-state index in [1.807, 2.05) is 67.2 Å². The van der Waals surface area contributed by atoms with E-state index >= 15 is 0 Å². The summed E-state index contributed by atoms with van der Waals surface area (Å²) in [5.41, 5.74) is 5.20. The van der Waals surface area contributed by atoms with Gasteiger partial charge in [0.1, 0.15) is 23.0 Å². The molecular formula is C31H32N6O5. The van der Waals surface area contributed by atoms with Gasteiger partial charge in [-0.25, -0.2) is 9.78 Å². The highest BCUT2D eigenvalue weighted by molar-refractivity contribution is 6.08. The van der Waals surface area contributed by atoms with Crippen molar-refractivity contribution >= 4 is 34.1 Å². The lowest BCUT2D eigenvalue weighted by atomic mass is 9.96. The lowest BCUT2D eigenvalue weighted by Gasteiger charge is -2.29. The molecule has 1 aliphatic rings. The SMILES string of the molecule is COc1cc(-c2nc(C3CCN(C(=O)O)CC3)n3ccnc(C)c23)ccc1NC(=O)c1cc2c(OC)cccc2n1C. The number of carbonyl (C=O) groups is 2. The first-order valence-corrected chi connectivity index (χ1v) is 13.7. The first-order valence-electron chi connectivity index (χ1n) is 13.7. The number of anilines is 1.